The summed E-state index contributed by atoms with van der Waals surface area (Å²) in [6.45, 7) is 0.791. The molecule has 0 spiro atoms. The maximum absolute atomic E-state index is 12.8. The molecule has 0 bridgehead atoms. The van der Waals surface area contributed by atoms with Crippen molar-refractivity contribution in [2.45, 2.75) is 29.9 Å². The molecule has 1 heterocycles. The quantitative estimate of drug-likeness (QED) is 0.752. The Labute approximate surface area is 151 Å². The van der Waals surface area contributed by atoms with Gasteiger partial charge < -0.3 is 14.4 Å². The second-order valence-electron chi connectivity index (χ2n) is 6.33. The minimum absolute atomic E-state index is 0.00732. The van der Waals surface area contributed by atoms with Crippen LogP contribution in [0.4, 0.5) is 0 Å². The van der Waals surface area contributed by atoms with E-state index in [9.17, 15) is 9.59 Å². The lowest BCUT2D eigenvalue weighted by Crippen LogP contribution is -2.34. The van der Waals surface area contributed by atoms with Crippen LogP contribution in [0, 0.1) is 5.92 Å². The molecule has 1 aliphatic rings. The molecular weight excluding hydrogens is 338 g/mol. The fourth-order valence-corrected chi connectivity index (χ4v) is 3.90. The van der Waals surface area contributed by atoms with Crippen LogP contribution < -0.4 is 0 Å². The summed E-state index contributed by atoms with van der Waals surface area (Å²) in [4.78, 5) is 26.6. The van der Waals surface area contributed by atoms with Crippen molar-refractivity contribution in [1.82, 2.24) is 4.90 Å². The fraction of sp³-hybridized carbons (Fsp3) is 0.368. The predicted molar refractivity (Wildman–Crippen MR) is 96.0 cm³/mol. The number of hydrogen-bond donors (Lipinski definition) is 1. The van der Waals surface area contributed by atoms with Gasteiger partial charge in [-0.3, -0.25) is 4.79 Å². The van der Waals surface area contributed by atoms with E-state index in [4.69, 9.17) is 9.52 Å². The zero-order valence-electron chi connectivity index (χ0n) is 14.1. The van der Waals surface area contributed by atoms with Gasteiger partial charge in [0.2, 0.25) is 0 Å². The maximum Gasteiger partial charge on any atom is 0.339 e. The van der Waals surface area contributed by atoms with E-state index in [1.54, 1.807) is 4.90 Å². The number of hydrogen-bond acceptors (Lipinski definition) is 4. The number of carbonyl (C=O) groups excluding carboxylic acids is 1. The third kappa shape index (κ3) is 4.07. The summed E-state index contributed by atoms with van der Waals surface area (Å²) in [7, 11) is 1.84. The summed E-state index contributed by atoms with van der Waals surface area (Å²) in [5.41, 5.74) is 0.816. The Bertz CT molecular complexity index is 766. The van der Waals surface area contributed by atoms with E-state index in [0.717, 1.165) is 11.4 Å². The number of nitrogens with zero attached hydrogens (tertiary/aromatic N) is 1. The van der Waals surface area contributed by atoms with Gasteiger partial charge in [0.05, 0.1) is 17.6 Å². The Morgan fingerprint density at radius 2 is 2.00 bits per heavy atom. The largest absolute Gasteiger partial charge is 0.478 e. The predicted octanol–water partition coefficient (Wildman–Crippen LogP) is 4.14. The molecule has 25 heavy (non-hydrogen) atoms. The van der Waals surface area contributed by atoms with Crippen LogP contribution in [0.25, 0.3) is 0 Å². The van der Waals surface area contributed by atoms with Gasteiger partial charge in [-0.2, -0.15) is 0 Å². The van der Waals surface area contributed by atoms with E-state index >= 15 is 0 Å². The number of rotatable bonds is 7. The molecule has 1 saturated carbocycles. The van der Waals surface area contributed by atoms with Gasteiger partial charge in [0.25, 0.3) is 5.91 Å². The Morgan fingerprint density at radius 3 is 2.68 bits per heavy atom. The SMILES string of the molecule is CN(CC1CCC1)C(=O)c1ccccc1SCc1occc1C(=O)O. The lowest BCUT2D eigenvalue weighted by atomic mass is 9.85. The zero-order valence-corrected chi connectivity index (χ0v) is 14.9. The third-order valence-electron chi connectivity index (χ3n) is 4.56. The minimum Gasteiger partial charge on any atom is -0.478 e. The van der Waals surface area contributed by atoms with Crippen molar-refractivity contribution < 1.29 is 19.1 Å². The van der Waals surface area contributed by atoms with Crippen molar-refractivity contribution in [1.29, 1.82) is 0 Å². The highest BCUT2D eigenvalue weighted by atomic mass is 32.2. The first-order chi connectivity index (χ1) is 12.1. The molecule has 6 heteroatoms. The molecule has 1 N–H and O–H groups in total. The van der Waals surface area contributed by atoms with Gasteiger partial charge in [0.15, 0.2) is 0 Å². The number of carboxylic acid groups (broad SMARTS) is 1. The minimum atomic E-state index is -1.01. The van der Waals surface area contributed by atoms with Crippen LogP contribution in [-0.4, -0.2) is 35.5 Å². The number of carboxylic acids is 1. The number of carbonyl (C=O) groups is 2. The van der Waals surface area contributed by atoms with E-state index in [-0.39, 0.29) is 11.5 Å². The highest BCUT2D eigenvalue weighted by Gasteiger charge is 2.23. The molecule has 0 atom stereocenters. The molecule has 0 radical (unpaired) electrons. The first kappa shape index (κ1) is 17.6. The van der Waals surface area contributed by atoms with Crippen molar-refractivity contribution in [3.8, 4) is 0 Å². The van der Waals surface area contributed by atoms with Gasteiger partial charge in [-0.15, -0.1) is 11.8 Å². The Hall–Kier alpha value is -2.21. The van der Waals surface area contributed by atoms with E-state index in [1.807, 2.05) is 31.3 Å². The van der Waals surface area contributed by atoms with Crippen molar-refractivity contribution >= 4 is 23.6 Å². The number of amides is 1. The standard InChI is InChI=1S/C19H21NO4S/c1-20(11-13-5-4-6-13)18(21)15-7-2-3-8-17(15)25-12-16-14(19(22)23)9-10-24-16/h2-3,7-10,13H,4-6,11-12H2,1H3,(H,22,23). The van der Waals surface area contributed by atoms with Crippen LogP contribution >= 0.6 is 11.8 Å². The molecule has 1 aliphatic carbocycles. The molecule has 132 valence electrons. The zero-order chi connectivity index (χ0) is 17.8. The molecule has 0 aliphatic heterocycles. The van der Waals surface area contributed by atoms with Gasteiger partial charge >= 0.3 is 5.97 Å². The molecule has 3 rings (SSSR count). The van der Waals surface area contributed by atoms with E-state index in [0.29, 0.717) is 23.0 Å². The fourth-order valence-electron chi connectivity index (χ4n) is 2.91. The average molecular weight is 359 g/mol. The highest BCUT2D eigenvalue weighted by Crippen LogP contribution is 2.30. The Kier molecular flexibility index (Phi) is 5.48. The van der Waals surface area contributed by atoms with E-state index in [2.05, 4.69) is 0 Å². The lowest BCUT2D eigenvalue weighted by molar-refractivity contribution is 0.0693. The van der Waals surface area contributed by atoms with Crippen LogP contribution in [-0.2, 0) is 5.75 Å². The second-order valence-corrected chi connectivity index (χ2v) is 7.35. The summed E-state index contributed by atoms with van der Waals surface area (Å²) in [6.07, 6.45) is 5.03. The van der Waals surface area contributed by atoms with Crippen LogP contribution in [0.2, 0.25) is 0 Å². The van der Waals surface area contributed by atoms with Gasteiger partial charge in [-0.05, 0) is 37.0 Å². The molecule has 1 amide bonds. The monoisotopic (exact) mass is 359 g/mol. The summed E-state index contributed by atoms with van der Waals surface area (Å²) in [6, 6.07) is 8.89. The van der Waals surface area contributed by atoms with Gasteiger partial charge in [0.1, 0.15) is 11.3 Å². The third-order valence-corrected chi connectivity index (χ3v) is 5.63. The summed E-state index contributed by atoms with van der Waals surface area (Å²) in [5, 5.41) is 9.15. The second kappa shape index (κ2) is 7.78. The van der Waals surface area contributed by atoms with Gasteiger partial charge in [0, 0.05) is 18.5 Å². The first-order valence-electron chi connectivity index (χ1n) is 8.33. The van der Waals surface area contributed by atoms with Crippen molar-refractivity contribution in [2.75, 3.05) is 13.6 Å². The molecular formula is C19H21NO4S. The summed E-state index contributed by atoms with van der Waals surface area (Å²) in [5.74, 6) is 0.394. The summed E-state index contributed by atoms with van der Waals surface area (Å²) >= 11 is 1.42. The van der Waals surface area contributed by atoms with Crippen molar-refractivity contribution in [2.24, 2.45) is 5.92 Å². The molecule has 5 nitrogen and oxygen atoms in total. The Morgan fingerprint density at radius 1 is 1.24 bits per heavy atom. The molecule has 1 fully saturated rings. The lowest BCUT2D eigenvalue weighted by Gasteiger charge is -2.30. The van der Waals surface area contributed by atoms with Crippen LogP contribution in [0.15, 0.2) is 45.9 Å². The maximum atomic E-state index is 12.8. The Balaban J connectivity index is 1.70. The first-order valence-corrected chi connectivity index (χ1v) is 9.31. The molecule has 2 aromatic rings. The number of benzene rings is 1. The smallest absolute Gasteiger partial charge is 0.339 e. The van der Waals surface area contributed by atoms with Crippen LogP contribution in [0.1, 0.15) is 45.7 Å². The molecule has 1 aromatic carbocycles. The van der Waals surface area contributed by atoms with E-state index in [1.165, 1.54) is 43.4 Å². The number of furan rings is 1. The average Bonchev–Trinajstić information content (AvgIpc) is 3.04. The number of aromatic carboxylic acids is 1. The van der Waals surface area contributed by atoms with Crippen molar-refractivity contribution in [3.05, 3.63) is 53.5 Å². The van der Waals surface area contributed by atoms with Crippen LogP contribution in [0.5, 0.6) is 0 Å². The topological polar surface area (TPSA) is 70.8 Å². The highest BCUT2D eigenvalue weighted by molar-refractivity contribution is 7.98. The van der Waals surface area contributed by atoms with Gasteiger partial charge in [-0.25, -0.2) is 4.79 Å². The molecule has 0 unspecified atom stereocenters. The molecule has 0 saturated heterocycles. The molecule has 1 aromatic heterocycles. The number of thioether (sulfide) groups is 1. The van der Waals surface area contributed by atoms with E-state index < -0.39 is 5.97 Å². The summed E-state index contributed by atoms with van der Waals surface area (Å²) < 4.78 is 5.27. The van der Waals surface area contributed by atoms with Crippen molar-refractivity contribution in [3.63, 3.8) is 0 Å². The van der Waals surface area contributed by atoms with Crippen LogP contribution in [0.3, 0.4) is 0 Å². The van der Waals surface area contributed by atoms with Gasteiger partial charge in [-0.1, -0.05) is 18.6 Å². The normalized spacial score (nSPS) is 14.1.